The van der Waals surface area contributed by atoms with E-state index in [2.05, 4.69) is 26.2 Å². The van der Waals surface area contributed by atoms with Crippen LogP contribution >= 0.6 is 27.3 Å². The Morgan fingerprint density at radius 2 is 2.33 bits per heavy atom. The Morgan fingerprint density at radius 1 is 1.56 bits per heavy atom. The predicted molar refractivity (Wildman–Crippen MR) is 75.0 cm³/mol. The first-order valence-electron chi connectivity index (χ1n) is 5.13. The van der Waals surface area contributed by atoms with Crippen molar-refractivity contribution in [2.45, 2.75) is 13.5 Å². The molecular formula is C11H10BrN3O2S. The Bertz CT molecular complexity index is 572. The minimum absolute atomic E-state index is 0.112. The molecule has 0 saturated heterocycles. The number of nitrogens with zero attached hydrogens (tertiary/aromatic N) is 2. The van der Waals surface area contributed by atoms with Gasteiger partial charge in [0.05, 0.1) is 22.7 Å². The molecule has 94 valence electrons. The number of nitro groups is 1. The molecule has 1 aromatic heterocycles. The van der Waals surface area contributed by atoms with Crippen molar-refractivity contribution in [2.75, 3.05) is 5.32 Å². The maximum atomic E-state index is 10.8. The summed E-state index contributed by atoms with van der Waals surface area (Å²) in [5.74, 6) is 0. The molecule has 0 aliphatic carbocycles. The lowest BCUT2D eigenvalue weighted by molar-refractivity contribution is -0.385. The fraction of sp³-hybridized carbons (Fsp3) is 0.182. The van der Waals surface area contributed by atoms with Crippen molar-refractivity contribution in [1.82, 2.24) is 4.98 Å². The van der Waals surface area contributed by atoms with Gasteiger partial charge in [-0.3, -0.25) is 10.1 Å². The zero-order valence-electron chi connectivity index (χ0n) is 9.51. The van der Waals surface area contributed by atoms with Gasteiger partial charge in [0.2, 0.25) is 0 Å². The van der Waals surface area contributed by atoms with Gasteiger partial charge in [-0.05, 0) is 28.9 Å². The molecule has 7 heteroatoms. The van der Waals surface area contributed by atoms with Crippen LogP contribution in [-0.2, 0) is 6.54 Å². The number of aryl methyl sites for hydroxylation is 1. The van der Waals surface area contributed by atoms with E-state index in [1.165, 1.54) is 17.4 Å². The van der Waals surface area contributed by atoms with Gasteiger partial charge in [-0.15, -0.1) is 11.3 Å². The monoisotopic (exact) mass is 327 g/mol. The van der Waals surface area contributed by atoms with E-state index in [1.54, 1.807) is 18.5 Å². The van der Waals surface area contributed by atoms with Crippen LogP contribution < -0.4 is 5.32 Å². The minimum Gasteiger partial charge on any atom is -0.378 e. The lowest BCUT2D eigenvalue weighted by Crippen LogP contribution is -2.01. The molecule has 0 spiro atoms. The van der Waals surface area contributed by atoms with Crippen LogP contribution in [0, 0.1) is 17.0 Å². The number of thiazole rings is 1. The summed E-state index contributed by atoms with van der Waals surface area (Å²) in [5, 5.41) is 15.9. The molecule has 0 radical (unpaired) electrons. The van der Waals surface area contributed by atoms with E-state index in [1.807, 2.05) is 5.38 Å². The molecule has 0 bridgehead atoms. The summed E-state index contributed by atoms with van der Waals surface area (Å²) in [7, 11) is 0. The van der Waals surface area contributed by atoms with Gasteiger partial charge in [0.25, 0.3) is 5.69 Å². The Morgan fingerprint density at radius 3 is 2.94 bits per heavy atom. The summed E-state index contributed by atoms with van der Waals surface area (Å²) >= 11 is 4.87. The Kier molecular flexibility index (Phi) is 3.93. The molecule has 1 heterocycles. The van der Waals surface area contributed by atoms with Crippen molar-refractivity contribution in [3.05, 3.63) is 48.9 Å². The van der Waals surface area contributed by atoms with Gasteiger partial charge in [0.15, 0.2) is 0 Å². The second-order valence-electron chi connectivity index (χ2n) is 3.71. The van der Waals surface area contributed by atoms with Crippen molar-refractivity contribution >= 4 is 38.6 Å². The Hall–Kier alpha value is -1.47. The van der Waals surface area contributed by atoms with Crippen LogP contribution in [0.2, 0.25) is 0 Å². The normalized spacial score (nSPS) is 10.3. The molecular weight excluding hydrogens is 318 g/mol. The SMILES string of the molecule is Cc1cc(NCc2cscn2)c(Br)cc1[N+](=O)[O-]. The lowest BCUT2D eigenvalue weighted by Gasteiger charge is -2.08. The average molecular weight is 328 g/mol. The molecule has 0 aliphatic heterocycles. The molecule has 5 nitrogen and oxygen atoms in total. The smallest absolute Gasteiger partial charge is 0.273 e. The quantitative estimate of drug-likeness (QED) is 0.686. The zero-order valence-corrected chi connectivity index (χ0v) is 11.9. The molecule has 18 heavy (non-hydrogen) atoms. The number of aromatic nitrogens is 1. The number of benzene rings is 1. The van der Waals surface area contributed by atoms with Crippen molar-refractivity contribution in [1.29, 1.82) is 0 Å². The summed E-state index contributed by atoms with van der Waals surface area (Å²) in [6.45, 7) is 2.32. The Balaban J connectivity index is 2.19. The highest BCUT2D eigenvalue weighted by atomic mass is 79.9. The van der Waals surface area contributed by atoms with Gasteiger partial charge in [-0.1, -0.05) is 0 Å². The topological polar surface area (TPSA) is 68.1 Å². The predicted octanol–water partition coefficient (Wildman–Crippen LogP) is 3.73. The number of nitrogens with one attached hydrogen (secondary N) is 1. The highest BCUT2D eigenvalue weighted by Crippen LogP contribution is 2.30. The van der Waals surface area contributed by atoms with Gasteiger partial charge < -0.3 is 5.32 Å². The van der Waals surface area contributed by atoms with Crippen LogP contribution in [0.15, 0.2) is 27.5 Å². The third kappa shape index (κ3) is 2.85. The van der Waals surface area contributed by atoms with Crippen molar-refractivity contribution < 1.29 is 4.92 Å². The summed E-state index contributed by atoms with van der Waals surface area (Å²) in [6, 6.07) is 3.27. The number of hydrogen-bond donors (Lipinski definition) is 1. The summed E-state index contributed by atoms with van der Waals surface area (Å²) in [6.07, 6.45) is 0. The first-order chi connectivity index (χ1) is 8.58. The lowest BCUT2D eigenvalue weighted by atomic mass is 10.2. The van der Waals surface area contributed by atoms with E-state index in [4.69, 9.17) is 0 Å². The van der Waals surface area contributed by atoms with Crippen LogP contribution in [0.5, 0.6) is 0 Å². The molecule has 0 unspecified atom stereocenters. The molecule has 2 aromatic rings. The highest BCUT2D eigenvalue weighted by molar-refractivity contribution is 9.10. The fourth-order valence-electron chi connectivity index (χ4n) is 1.51. The molecule has 0 aliphatic rings. The third-order valence-corrected chi connectivity index (χ3v) is 3.72. The third-order valence-electron chi connectivity index (χ3n) is 2.43. The molecule has 1 N–H and O–H groups in total. The van der Waals surface area contributed by atoms with Gasteiger partial charge in [0.1, 0.15) is 0 Å². The molecule has 0 atom stereocenters. The van der Waals surface area contributed by atoms with Crippen molar-refractivity contribution in [3.63, 3.8) is 0 Å². The van der Waals surface area contributed by atoms with Crippen LogP contribution in [-0.4, -0.2) is 9.91 Å². The second-order valence-corrected chi connectivity index (χ2v) is 5.28. The van der Waals surface area contributed by atoms with Crippen LogP contribution in [0.3, 0.4) is 0 Å². The largest absolute Gasteiger partial charge is 0.378 e. The fourth-order valence-corrected chi connectivity index (χ4v) is 2.54. The molecule has 1 aromatic carbocycles. The molecule has 0 saturated carbocycles. The first-order valence-corrected chi connectivity index (χ1v) is 6.87. The highest BCUT2D eigenvalue weighted by Gasteiger charge is 2.13. The van der Waals surface area contributed by atoms with Gasteiger partial charge in [0, 0.05) is 27.2 Å². The van der Waals surface area contributed by atoms with Crippen molar-refractivity contribution in [2.24, 2.45) is 0 Å². The number of rotatable bonds is 4. The van der Waals surface area contributed by atoms with Gasteiger partial charge in [-0.2, -0.15) is 0 Å². The van der Waals surface area contributed by atoms with E-state index in [0.717, 1.165) is 11.4 Å². The minimum atomic E-state index is -0.385. The van der Waals surface area contributed by atoms with E-state index in [9.17, 15) is 10.1 Å². The number of hydrogen-bond acceptors (Lipinski definition) is 5. The second kappa shape index (κ2) is 5.45. The zero-order chi connectivity index (χ0) is 13.1. The maximum absolute atomic E-state index is 10.8. The summed E-state index contributed by atoms with van der Waals surface area (Å²) < 4.78 is 0.676. The molecule has 0 fully saturated rings. The van der Waals surface area contributed by atoms with Crippen molar-refractivity contribution in [3.8, 4) is 0 Å². The maximum Gasteiger partial charge on any atom is 0.273 e. The first kappa shape index (κ1) is 13.0. The van der Waals surface area contributed by atoms with Gasteiger partial charge in [-0.25, -0.2) is 4.98 Å². The van der Waals surface area contributed by atoms with E-state index < -0.39 is 0 Å². The van der Waals surface area contributed by atoms with E-state index in [-0.39, 0.29) is 10.6 Å². The van der Waals surface area contributed by atoms with E-state index in [0.29, 0.717) is 16.6 Å². The Labute approximate surface area is 116 Å². The summed E-state index contributed by atoms with van der Waals surface area (Å²) in [4.78, 5) is 14.6. The number of anilines is 1. The van der Waals surface area contributed by atoms with Crippen LogP contribution in [0.4, 0.5) is 11.4 Å². The average Bonchev–Trinajstić information content (AvgIpc) is 2.82. The molecule has 0 amide bonds. The molecule has 2 rings (SSSR count). The van der Waals surface area contributed by atoms with Crippen LogP contribution in [0.25, 0.3) is 0 Å². The standard InChI is InChI=1S/C11H10BrN3O2S/c1-7-2-10(9(12)3-11(7)15(16)17)13-4-8-5-18-6-14-8/h2-3,5-6,13H,4H2,1H3. The van der Waals surface area contributed by atoms with E-state index >= 15 is 0 Å². The number of halogens is 1. The number of nitro benzene ring substituents is 1. The summed E-state index contributed by atoms with van der Waals surface area (Å²) in [5.41, 5.74) is 4.28. The van der Waals surface area contributed by atoms with Gasteiger partial charge >= 0.3 is 0 Å². The van der Waals surface area contributed by atoms with Crippen LogP contribution in [0.1, 0.15) is 11.3 Å².